The first kappa shape index (κ1) is 23.0. The summed E-state index contributed by atoms with van der Waals surface area (Å²) in [6.45, 7) is 3.27. The minimum atomic E-state index is -3.25. The van der Waals surface area contributed by atoms with Gasteiger partial charge in [-0.05, 0) is 37.5 Å². The van der Waals surface area contributed by atoms with E-state index in [2.05, 4.69) is 5.32 Å². The number of carbonyl (C=O) groups is 3. The smallest absolute Gasteiger partial charge is 0.319 e. The number of sulfone groups is 1. The lowest BCUT2D eigenvalue weighted by Crippen LogP contribution is -2.49. The van der Waals surface area contributed by atoms with E-state index in [-0.39, 0.29) is 11.5 Å². The normalized spacial score (nSPS) is 24.1. The summed E-state index contributed by atoms with van der Waals surface area (Å²) in [6, 6.07) is 14.9. The third-order valence-corrected chi connectivity index (χ3v) is 8.17. The molecule has 0 radical (unpaired) electrons. The molecule has 2 aromatic carbocycles. The number of amides is 4. The van der Waals surface area contributed by atoms with Crippen LogP contribution in [0.25, 0.3) is 0 Å². The molecule has 0 saturated carbocycles. The highest BCUT2D eigenvalue weighted by atomic mass is 32.2. The average molecular weight is 470 g/mol. The summed E-state index contributed by atoms with van der Waals surface area (Å²) in [6.07, 6.45) is 0.639. The molecule has 2 atom stereocenters. The number of nitrogens with one attached hydrogen (secondary N) is 1. The molecule has 0 aromatic heterocycles. The number of anilines is 1. The Morgan fingerprint density at radius 2 is 1.79 bits per heavy atom. The van der Waals surface area contributed by atoms with Gasteiger partial charge in [-0.2, -0.15) is 0 Å². The van der Waals surface area contributed by atoms with Crippen molar-refractivity contribution in [3.63, 3.8) is 0 Å². The molecule has 9 heteroatoms. The van der Waals surface area contributed by atoms with Gasteiger partial charge in [0.1, 0.15) is 12.1 Å². The van der Waals surface area contributed by atoms with E-state index in [0.29, 0.717) is 24.1 Å². The second-order valence-electron chi connectivity index (χ2n) is 8.60. The highest BCUT2D eigenvalue weighted by molar-refractivity contribution is 7.91. The van der Waals surface area contributed by atoms with E-state index in [1.165, 1.54) is 4.90 Å². The predicted molar refractivity (Wildman–Crippen MR) is 124 cm³/mol. The number of para-hydroxylation sites is 1. The topological polar surface area (TPSA) is 104 Å². The standard InChI is InChI=1S/C24H27N3O5S/c1-3-24(18-11-9-17(2)10-12-18)22(29)26(23(30)25-24)15-21(28)27(19-7-5-4-6-8-19)20-13-14-33(31,32)16-20/h4-12,20H,3,13-16H2,1-2H3,(H,25,30)/t20-,24-/m0/s1. The first-order valence-electron chi connectivity index (χ1n) is 11.0. The van der Waals surface area contributed by atoms with Crippen molar-refractivity contribution in [2.45, 2.75) is 38.3 Å². The van der Waals surface area contributed by atoms with E-state index < -0.39 is 45.8 Å². The largest absolute Gasteiger partial charge is 0.325 e. The molecule has 2 heterocycles. The molecule has 8 nitrogen and oxygen atoms in total. The van der Waals surface area contributed by atoms with Crippen molar-refractivity contribution in [1.82, 2.24) is 10.2 Å². The number of imide groups is 1. The van der Waals surface area contributed by atoms with E-state index in [4.69, 9.17) is 0 Å². The first-order valence-corrected chi connectivity index (χ1v) is 12.8. The van der Waals surface area contributed by atoms with Gasteiger partial charge >= 0.3 is 6.03 Å². The zero-order valence-electron chi connectivity index (χ0n) is 18.7. The van der Waals surface area contributed by atoms with Gasteiger partial charge in [-0.15, -0.1) is 0 Å². The van der Waals surface area contributed by atoms with Crippen LogP contribution >= 0.6 is 0 Å². The Balaban J connectivity index is 1.62. The van der Waals surface area contributed by atoms with Crippen molar-refractivity contribution in [1.29, 1.82) is 0 Å². The Bertz CT molecular complexity index is 1180. The minimum absolute atomic E-state index is 0.00375. The van der Waals surface area contributed by atoms with Gasteiger partial charge in [0.25, 0.3) is 5.91 Å². The highest BCUT2D eigenvalue weighted by Crippen LogP contribution is 2.33. The van der Waals surface area contributed by atoms with Gasteiger partial charge in [0.05, 0.1) is 17.5 Å². The third-order valence-electron chi connectivity index (χ3n) is 6.42. The number of hydrogen-bond acceptors (Lipinski definition) is 5. The van der Waals surface area contributed by atoms with Crippen LogP contribution in [0.4, 0.5) is 10.5 Å². The molecule has 33 heavy (non-hydrogen) atoms. The minimum Gasteiger partial charge on any atom is -0.319 e. The molecule has 0 bridgehead atoms. The van der Waals surface area contributed by atoms with Crippen LogP contribution in [0.2, 0.25) is 0 Å². The van der Waals surface area contributed by atoms with Gasteiger partial charge < -0.3 is 10.2 Å². The van der Waals surface area contributed by atoms with Crippen LogP contribution in [0.3, 0.4) is 0 Å². The number of aryl methyl sites for hydroxylation is 1. The van der Waals surface area contributed by atoms with Crippen LogP contribution in [0.5, 0.6) is 0 Å². The summed E-state index contributed by atoms with van der Waals surface area (Å²) >= 11 is 0. The number of nitrogens with zero attached hydrogens (tertiary/aromatic N) is 2. The van der Waals surface area contributed by atoms with E-state index in [9.17, 15) is 22.8 Å². The maximum Gasteiger partial charge on any atom is 0.325 e. The van der Waals surface area contributed by atoms with E-state index in [1.54, 1.807) is 30.3 Å². The number of carbonyl (C=O) groups excluding carboxylic acids is 3. The van der Waals surface area contributed by atoms with Crippen molar-refractivity contribution in [3.8, 4) is 0 Å². The van der Waals surface area contributed by atoms with Crippen molar-refractivity contribution < 1.29 is 22.8 Å². The Morgan fingerprint density at radius 1 is 1.12 bits per heavy atom. The second-order valence-corrected chi connectivity index (χ2v) is 10.8. The summed E-state index contributed by atoms with van der Waals surface area (Å²) in [5, 5.41) is 2.79. The molecule has 4 amide bonds. The summed E-state index contributed by atoms with van der Waals surface area (Å²) in [7, 11) is -3.25. The molecule has 4 rings (SSSR count). The van der Waals surface area contributed by atoms with Crippen molar-refractivity contribution in [3.05, 3.63) is 65.7 Å². The van der Waals surface area contributed by atoms with Gasteiger partial charge in [-0.3, -0.25) is 14.5 Å². The lowest BCUT2D eigenvalue weighted by atomic mass is 9.86. The van der Waals surface area contributed by atoms with Crippen LogP contribution in [0, 0.1) is 6.92 Å². The Morgan fingerprint density at radius 3 is 2.36 bits per heavy atom. The van der Waals surface area contributed by atoms with Crippen molar-refractivity contribution in [2.24, 2.45) is 0 Å². The SMILES string of the molecule is CC[C@@]1(c2ccc(C)cc2)NC(=O)N(CC(=O)N(c2ccccc2)[C@H]2CCS(=O)(=O)C2)C1=O. The van der Waals surface area contributed by atoms with Crippen LogP contribution < -0.4 is 10.2 Å². The van der Waals surface area contributed by atoms with Crippen LogP contribution in [0.1, 0.15) is 30.9 Å². The van der Waals surface area contributed by atoms with E-state index in [0.717, 1.165) is 10.5 Å². The van der Waals surface area contributed by atoms with E-state index in [1.807, 2.05) is 38.1 Å². The maximum absolute atomic E-state index is 13.4. The lowest BCUT2D eigenvalue weighted by molar-refractivity contribution is -0.134. The molecule has 0 aliphatic carbocycles. The quantitative estimate of drug-likeness (QED) is 0.654. The van der Waals surface area contributed by atoms with Gasteiger partial charge in [-0.25, -0.2) is 13.2 Å². The summed E-state index contributed by atoms with van der Waals surface area (Å²) in [5.74, 6) is -1.12. The van der Waals surface area contributed by atoms with E-state index >= 15 is 0 Å². The van der Waals surface area contributed by atoms with Gasteiger partial charge in [0, 0.05) is 5.69 Å². The average Bonchev–Trinajstić information content (AvgIpc) is 3.26. The number of hydrogen-bond donors (Lipinski definition) is 1. The maximum atomic E-state index is 13.4. The molecular formula is C24H27N3O5S. The highest BCUT2D eigenvalue weighted by Gasteiger charge is 2.52. The van der Waals surface area contributed by atoms with Crippen LogP contribution in [-0.4, -0.2) is 55.3 Å². The number of rotatable bonds is 6. The molecule has 2 aromatic rings. The van der Waals surface area contributed by atoms with Gasteiger partial charge in [0.2, 0.25) is 5.91 Å². The molecule has 2 saturated heterocycles. The van der Waals surface area contributed by atoms with Crippen molar-refractivity contribution >= 4 is 33.4 Å². The summed E-state index contributed by atoms with van der Waals surface area (Å²) in [4.78, 5) is 42.1. The van der Waals surface area contributed by atoms with Gasteiger partial charge in [0.15, 0.2) is 9.84 Å². The van der Waals surface area contributed by atoms with Crippen LogP contribution in [0.15, 0.2) is 54.6 Å². The number of benzene rings is 2. The molecular weight excluding hydrogens is 442 g/mol. The summed E-state index contributed by atoms with van der Waals surface area (Å²) in [5.41, 5.74) is 0.987. The third kappa shape index (κ3) is 4.25. The Kier molecular flexibility index (Phi) is 6.00. The molecule has 2 fully saturated rings. The Hall–Kier alpha value is -3.20. The fraction of sp³-hybridized carbons (Fsp3) is 0.375. The summed E-state index contributed by atoms with van der Waals surface area (Å²) < 4.78 is 24.2. The van der Waals surface area contributed by atoms with Gasteiger partial charge in [-0.1, -0.05) is 55.0 Å². The molecule has 0 unspecified atom stereocenters. The molecule has 0 spiro atoms. The zero-order chi connectivity index (χ0) is 23.8. The second kappa shape index (κ2) is 8.62. The predicted octanol–water partition coefficient (Wildman–Crippen LogP) is 2.37. The monoisotopic (exact) mass is 469 g/mol. The first-order chi connectivity index (χ1) is 15.7. The molecule has 2 aliphatic heterocycles. The fourth-order valence-corrected chi connectivity index (χ4v) is 6.28. The van der Waals surface area contributed by atoms with Crippen molar-refractivity contribution in [2.75, 3.05) is 23.0 Å². The lowest BCUT2D eigenvalue weighted by Gasteiger charge is -2.30. The molecule has 1 N–H and O–H groups in total. The number of urea groups is 1. The fourth-order valence-electron chi connectivity index (χ4n) is 4.58. The molecule has 174 valence electrons. The Labute approximate surface area is 193 Å². The zero-order valence-corrected chi connectivity index (χ0v) is 19.5. The van der Waals surface area contributed by atoms with Crippen LogP contribution in [-0.2, 0) is 25.0 Å². The molecule has 2 aliphatic rings.